The highest BCUT2D eigenvalue weighted by Gasteiger charge is 2.18. The molecule has 0 saturated carbocycles. The van der Waals surface area contributed by atoms with Crippen LogP contribution in [0.25, 0.3) is 0 Å². The summed E-state index contributed by atoms with van der Waals surface area (Å²) in [7, 11) is 0. The second-order valence-electron chi connectivity index (χ2n) is 5.87. The van der Waals surface area contributed by atoms with Crippen LogP contribution in [0.4, 0.5) is 4.79 Å². The van der Waals surface area contributed by atoms with E-state index in [1.54, 1.807) is 0 Å². The number of aliphatic hydroxyl groups excluding tert-OH is 1. The highest BCUT2D eigenvalue weighted by atomic mass is 16.6. The van der Waals surface area contributed by atoms with E-state index in [9.17, 15) is 4.79 Å². The van der Waals surface area contributed by atoms with E-state index >= 15 is 0 Å². The molecule has 0 aliphatic carbocycles. The molecule has 0 aliphatic heterocycles. The topological polar surface area (TPSA) is 67.8 Å². The third-order valence-corrected chi connectivity index (χ3v) is 2.66. The highest BCUT2D eigenvalue weighted by molar-refractivity contribution is 5.68. The van der Waals surface area contributed by atoms with Crippen molar-refractivity contribution in [2.75, 3.05) is 13.2 Å². The number of carbonyl (C=O) groups is 1. The minimum atomic E-state index is -0.515. The largest absolute Gasteiger partial charge is 0.493 e. The third-order valence-electron chi connectivity index (χ3n) is 2.66. The van der Waals surface area contributed by atoms with E-state index in [4.69, 9.17) is 14.6 Å². The molecule has 0 radical (unpaired) electrons. The summed E-state index contributed by atoms with van der Waals surface area (Å²) >= 11 is 0. The summed E-state index contributed by atoms with van der Waals surface area (Å²) in [6.45, 7) is 7.94. The van der Waals surface area contributed by atoms with Crippen molar-refractivity contribution in [3.63, 3.8) is 0 Å². The van der Waals surface area contributed by atoms with Crippen molar-refractivity contribution in [1.82, 2.24) is 5.32 Å². The first-order chi connectivity index (χ1) is 9.81. The number of amides is 1. The monoisotopic (exact) mass is 295 g/mol. The van der Waals surface area contributed by atoms with Gasteiger partial charge in [-0.1, -0.05) is 12.1 Å². The first kappa shape index (κ1) is 17.3. The van der Waals surface area contributed by atoms with E-state index in [2.05, 4.69) is 5.32 Å². The van der Waals surface area contributed by atoms with Crippen molar-refractivity contribution in [3.8, 4) is 5.75 Å². The van der Waals surface area contributed by atoms with Crippen LogP contribution in [0.5, 0.6) is 5.75 Å². The van der Waals surface area contributed by atoms with Gasteiger partial charge in [0.2, 0.25) is 0 Å². The summed E-state index contributed by atoms with van der Waals surface area (Å²) in [5.74, 6) is 0.721. The Morgan fingerprint density at radius 1 is 1.38 bits per heavy atom. The number of hydrogen-bond donors (Lipinski definition) is 2. The van der Waals surface area contributed by atoms with Gasteiger partial charge in [-0.2, -0.15) is 0 Å². The molecule has 118 valence electrons. The predicted molar refractivity (Wildman–Crippen MR) is 81.4 cm³/mol. The van der Waals surface area contributed by atoms with Gasteiger partial charge in [0.05, 0.1) is 12.6 Å². The van der Waals surface area contributed by atoms with Gasteiger partial charge in [-0.25, -0.2) is 4.79 Å². The van der Waals surface area contributed by atoms with E-state index in [-0.39, 0.29) is 12.6 Å². The maximum absolute atomic E-state index is 11.7. The van der Waals surface area contributed by atoms with E-state index in [0.717, 1.165) is 11.3 Å². The standard InChI is InChI=1S/C16H25NO4/c1-12(17-15(19)21-16(2,3)4)13-7-5-8-14(11-13)20-10-6-9-18/h5,7-8,11-12,18H,6,9-10H2,1-4H3,(H,17,19). The van der Waals surface area contributed by atoms with Crippen LogP contribution in [0.2, 0.25) is 0 Å². The average Bonchev–Trinajstić information content (AvgIpc) is 2.37. The van der Waals surface area contributed by atoms with Crippen LogP contribution in [0.15, 0.2) is 24.3 Å². The summed E-state index contributed by atoms with van der Waals surface area (Å²) in [5, 5.41) is 11.5. The summed E-state index contributed by atoms with van der Waals surface area (Å²) in [5.41, 5.74) is 0.418. The maximum Gasteiger partial charge on any atom is 0.408 e. The lowest BCUT2D eigenvalue weighted by Crippen LogP contribution is -2.34. The van der Waals surface area contributed by atoms with Gasteiger partial charge < -0.3 is 19.9 Å². The number of ether oxygens (including phenoxy) is 2. The molecule has 5 nitrogen and oxygen atoms in total. The van der Waals surface area contributed by atoms with Gasteiger partial charge in [-0.3, -0.25) is 0 Å². The molecule has 1 rings (SSSR count). The number of rotatable bonds is 6. The van der Waals surface area contributed by atoms with Crippen LogP contribution in [-0.2, 0) is 4.74 Å². The minimum absolute atomic E-state index is 0.107. The predicted octanol–water partition coefficient (Wildman–Crippen LogP) is 3.03. The summed E-state index contributed by atoms with van der Waals surface area (Å²) in [4.78, 5) is 11.7. The Balaban J connectivity index is 2.59. The van der Waals surface area contributed by atoms with Crippen molar-refractivity contribution < 1.29 is 19.4 Å². The Hall–Kier alpha value is -1.75. The van der Waals surface area contributed by atoms with Crippen molar-refractivity contribution in [1.29, 1.82) is 0 Å². The molecule has 1 unspecified atom stereocenters. The number of alkyl carbamates (subject to hydrolysis) is 1. The Morgan fingerprint density at radius 2 is 2.10 bits per heavy atom. The van der Waals surface area contributed by atoms with Gasteiger partial charge in [-0.15, -0.1) is 0 Å². The number of carbonyl (C=O) groups excluding carboxylic acids is 1. The average molecular weight is 295 g/mol. The summed E-state index contributed by atoms with van der Waals surface area (Å²) in [6.07, 6.45) is 0.150. The zero-order chi connectivity index (χ0) is 15.9. The summed E-state index contributed by atoms with van der Waals surface area (Å²) < 4.78 is 10.7. The number of hydrogen-bond acceptors (Lipinski definition) is 4. The Morgan fingerprint density at radius 3 is 2.71 bits per heavy atom. The van der Waals surface area contributed by atoms with Gasteiger partial charge >= 0.3 is 6.09 Å². The molecule has 1 atom stereocenters. The lowest BCUT2D eigenvalue weighted by molar-refractivity contribution is 0.0508. The van der Waals surface area contributed by atoms with Gasteiger partial charge in [-0.05, 0) is 45.4 Å². The molecule has 0 aliphatic rings. The smallest absolute Gasteiger partial charge is 0.408 e. The normalized spacial score (nSPS) is 12.6. The Bertz CT molecular complexity index is 454. The molecule has 0 bridgehead atoms. The number of benzene rings is 1. The van der Waals surface area contributed by atoms with Crippen LogP contribution < -0.4 is 10.1 Å². The molecule has 21 heavy (non-hydrogen) atoms. The quantitative estimate of drug-likeness (QED) is 0.792. The molecule has 1 aromatic rings. The van der Waals surface area contributed by atoms with Crippen LogP contribution in [0, 0.1) is 0 Å². The van der Waals surface area contributed by atoms with Crippen molar-refractivity contribution in [2.24, 2.45) is 0 Å². The second-order valence-corrected chi connectivity index (χ2v) is 5.87. The number of nitrogens with one attached hydrogen (secondary N) is 1. The van der Waals surface area contributed by atoms with Gasteiger partial charge in [0.1, 0.15) is 11.4 Å². The third kappa shape index (κ3) is 6.99. The Labute approximate surface area is 126 Å². The van der Waals surface area contributed by atoms with Crippen LogP contribution in [0.1, 0.15) is 45.7 Å². The molecule has 0 aromatic heterocycles. The zero-order valence-electron chi connectivity index (χ0n) is 13.2. The Kier molecular flexibility index (Phi) is 6.49. The molecular formula is C16H25NO4. The fourth-order valence-electron chi connectivity index (χ4n) is 1.70. The molecule has 0 fully saturated rings. The van der Waals surface area contributed by atoms with Gasteiger partial charge in [0.25, 0.3) is 0 Å². The van der Waals surface area contributed by atoms with E-state index in [1.807, 2.05) is 52.0 Å². The van der Waals surface area contributed by atoms with E-state index in [0.29, 0.717) is 13.0 Å². The highest BCUT2D eigenvalue weighted by Crippen LogP contribution is 2.20. The zero-order valence-corrected chi connectivity index (χ0v) is 13.2. The molecular weight excluding hydrogens is 270 g/mol. The molecule has 2 N–H and O–H groups in total. The van der Waals surface area contributed by atoms with Gasteiger partial charge in [0, 0.05) is 13.0 Å². The lowest BCUT2D eigenvalue weighted by Gasteiger charge is -2.22. The number of aliphatic hydroxyl groups is 1. The minimum Gasteiger partial charge on any atom is -0.493 e. The van der Waals surface area contributed by atoms with E-state index in [1.165, 1.54) is 0 Å². The van der Waals surface area contributed by atoms with Crippen LogP contribution >= 0.6 is 0 Å². The second kappa shape index (κ2) is 7.88. The molecule has 1 aromatic carbocycles. The van der Waals surface area contributed by atoms with Crippen molar-refractivity contribution >= 4 is 6.09 Å². The molecule has 0 heterocycles. The SMILES string of the molecule is CC(NC(=O)OC(C)(C)C)c1cccc(OCCCO)c1. The fourth-order valence-corrected chi connectivity index (χ4v) is 1.70. The fraction of sp³-hybridized carbons (Fsp3) is 0.562. The first-order valence-electron chi connectivity index (χ1n) is 7.15. The van der Waals surface area contributed by atoms with Crippen molar-refractivity contribution in [2.45, 2.75) is 45.8 Å². The van der Waals surface area contributed by atoms with E-state index < -0.39 is 11.7 Å². The molecule has 5 heteroatoms. The van der Waals surface area contributed by atoms with Crippen molar-refractivity contribution in [3.05, 3.63) is 29.8 Å². The summed E-state index contributed by atoms with van der Waals surface area (Å²) in [6, 6.07) is 7.33. The lowest BCUT2D eigenvalue weighted by atomic mass is 10.1. The maximum atomic E-state index is 11.7. The molecule has 0 spiro atoms. The molecule has 1 amide bonds. The van der Waals surface area contributed by atoms with Gasteiger partial charge in [0.15, 0.2) is 0 Å². The molecule has 0 saturated heterocycles. The first-order valence-corrected chi connectivity index (χ1v) is 7.15. The van der Waals surface area contributed by atoms with Crippen LogP contribution in [0.3, 0.4) is 0 Å². The van der Waals surface area contributed by atoms with Crippen LogP contribution in [-0.4, -0.2) is 30.0 Å².